The van der Waals surface area contributed by atoms with Gasteiger partial charge in [0.1, 0.15) is 0 Å². The van der Waals surface area contributed by atoms with Crippen LogP contribution in [0.1, 0.15) is 38.3 Å². The summed E-state index contributed by atoms with van der Waals surface area (Å²) < 4.78 is 0. The van der Waals surface area contributed by atoms with Gasteiger partial charge in [-0.2, -0.15) is 0 Å². The molecular weight excluding hydrogens is 232 g/mol. The highest BCUT2D eigenvalue weighted by atomic mass is 15.2. The first-order valence-corrected chi connectivity index (χ1v) is 7.68. The Labute approximate surface area is 118 Å². The molecule has 106 valence electrons. The van der Waals surface area contributed by atoms with Crippen molar-refractivity contribution < 1.29 is 0 Å². The van der Waals surface area contributed by atoms with E-state index in [1.807, 2.05) is 0 Å². The van der Waals surface area contributed by atoms with Crippen molar-refractivity contribution >= 4 is 0 Å². The molecule has 0 heterocycles. The second kappa shape index (κ2) is 7.06. The first kappa shape index (κ1) is 14.5. The molecule has 1 aliphatic carbocycles. The molecule has 0 amide bonds. The molecule has 0 saturated heterocycles. The summed E-state index contributed by atoms with van der Waals surface area (Å²) in [5.41, 5.74) is 1.43. The molecule has 1 aromatic rings. The van der Waals surface area contributed by atoms with Crippen molar-refractivity contribution in [1.82, 2.24) is 10.2 Å². The van der Waals surface area contributed by atoms with Gasteiger partial charge in [0, 0.05) is 19.1 Å². The summed E-state index contributed by atoms with van der Waals surface area (Å²) in [7, 11) is 2.27. The van der Waals surface area contributed by atoms with Crippen molar-refractivity contribution in [3.05, 3.63) is 35.9 Å². The summed E-state index contributed by atoms with van der Waals surface area (Å²) in [6.07, 6.45) is 2.61. The van der Waals surface area contributed by atoms with E-state index >= 15 is 0 Å². The number of benzene rings is 1. The zero-order valence-corrected chi connectivity index (χ0v) is 12.6. The average molecular weight is 260 g/mol. The van der Waals surface area contributed by atoms with Gasteiger partial charge in [0.15, 0.2) is 0 Å². The molecule has 1 N–H and O–H groups in total. The largest absolute Gasteiger partial charge is 0.315 e. The molecule has 0 spiro atoms. The number of hydrogen-bond donors (Lipinski definition) is 1. The van der Waals surface area contributed by atoms with E-state index in [2.05, 4.69) is 61.4 Å². The third kappa shape index (κ3) is 4.32. The van der Waals surface area contributed by atoms with Gasteiger partial charge >= 0.3 is 0 Å². The number of rotatable bonds is 8. The second-order valence-corrected chi connectivity index (χ2v) is 6.04. The van der Waals surface area contributed by atoms with Gasteiger partial charge in [-0.3, -0.25) is 4.90 Å². The van der Waals surface area contributed by atoms with Crippen LogP contribution in [0.15, 0.2) is 30.3 Å². The maximum absolute atomic E-state index is 3.58. The van der Waals surface area contributed by atoms with Gasteiger partial charge in [0.25, 0.3) is 0 Å². The quantitative estimate of drug-likeness (QED) is 0.721. The Kier molecular flexibility index (Phi) is 5.41. The molecular formula is C17H28N2. The predicted octanol–water partition coefficient (Wildman–Crippen LogP) is 3.32. The molecule has 3 atom stereocenters. The molecule has 3 unspecified atom stereocenters. The van der Waals surface area contributed by atoms with Crippen LogP contribution in [0.4, 0.5) is 0 Å². The lowest BCUT2D eigenvalue weighted by molar-refractivity contribution is 0.226. The molecule has 19 heavy (non-hydrogen) atoms. The Morgan fingerprint density at radius 2 is 2.00 bits per heavy atom. The monoisotopic (exact) mass is 260 g/mol. The van der Waals surface area contributed by atoms with Crippen molar-refractivity contribution in [3.63, 3.8) is 0 Å². The molecule has 0 bridgehead atoms. The summed E-state index contributed by atoms with van der Waals surface area (Å²) >= 11 is 0. The van der Waals surface area contributed by atoms with Crippen molar-refractivity contribution in [2.24, 2.45) is 11.8 Å². The predicted molar refractivity (Wildman–Crippen MR) is 82.2 cm³/mol. The summed E-state index contributed by atoms with van der Waals surface area (Å²) in [4.78, 5) is 2.53. The normalized spacial score (nSPS) is 23.6. The van der Waals surface area contributed by atoms with Gasteiger partial charge in [-0.1, -0.05) is 44.2 Å². The van der Waals surface area contributed by atoms with E-state index in [1.165, 1.54) is 24.9 Å². The summed E-state index contributed by atoms with van der Waals surface area (Å²) in [6.45, 7) is 7.98. The minimum absolute atomic E-state index is 0.501. The Morgan fingerprint density at radius 1 is 1.32 bits per heavy atom. The van der Waals surface area contributed by atoms with Crippen LogP contribution in [0, 0.1) is 11.8 Å². The van der Waals surface area contributed by atoms with Crippen LogP contribution in [-0.2, 0) is 0 Å². The zero-order chi connectivity index (χ0) is 13.7. The van der Waals surface area contributed by atoms with Gasteiger partial charge < -0.3 is 5.32 Å². The lowest BCUT2D eigenvalue weighted by Gasteiger charge is -2.29. The minimum atomic E-state index is 0.501. The summed E-state index contributed by atoms with van der Waals surface area (Å²) in [5.74, 6) is 1.85. The van der Waals surface area contributed by atoms with Crippen molar-refractivity contribution in [3.8, 4) is 0 Å². The van der Waals surface area contributed by atoms with Crippen LogP contribution in [-0.4, -0.2) is 31.6 Å². The Balaban J connectivity index is 1.96. The van der Waals surface area contributed by atoms with Gasteiger partial charge in [0.05, 0.1) is 0 Å². The van der Waals surface area contributed by atoms with Gasteiger partial charge in [-0.25, -0.2) is 0 Å². The van der Waals surface area contributed by atoms with Crippen LogP contribution >= 0.6 is 0 Å². The van der Waals surface area contributed by atoms with E-state index in [-0.39, 0.29) is 0 Å². The molecule has 2 heteroatoms. The third-order valence-corrected chi connectivity index (χ3v) is 4.28. The molecule has 1 aliphatic rings. The van der Waals surface area contributed by atoms with Crippen LogP contribution in [0.5, 0.6) is 0 Å². The van der Waals surface area contributed by atoms with Gasteiger partial charge in [-0.05, 0) is 43.8 Å². The average Bonchev–Trinajstić information content (AvgIpc) is 3.11. The standard InChI is InChI=1S/C17H28N2/c1-4-10-18-12-17(15-8-6-5-7-9-15)19(3)13-16-11-14(16)2/h5-9,14,16-18H,4,10-13H2,1-3H3. The highest BCUT2D eigenvalue weighted by Crippen LogP contribution is 2.39. The SMILES string of the molecule is CCCNCC(c1ccccc1)N(C)CC1CC1C. The fourth-order valence-corrected chi connectivity index (χ4v) is 2.77. The van der Waals surface area contributed by atoms with Crippen molar-refractivity contribution in [1.29, 1.82) is 0 Å². The third-order valence-electron chi connectivity index (χ3n) is 4.28. The molecule has 1 aromatic carbocycles. The highest BCUT2D eigenvalue weighted by molar-refractivity contribution is 5.19. The molecule has 0 radical (unpaired) electrons. The number of hydrogen-bond acceptors (Lipinski definition) is 2. The van der Waals surface area contributed by atoms with Crippen LogP contribution < -0.4 is 5.32 Å². The smallest absolute Gasteiger partial charge is 0.0469 e. The van der Waals surface area contributed by atoms with Gasteiger partial charge in [0.2, 0.25) is 0 Å². The lowest BCUT2D eigenvalue weighted by Crippen LogP contribution is -2.35. The first-order chi connectivity index (χ1) is 9.22. The lowest BCUT2D eigenvalue weighted by atomic mass is 10.1. The Bertz CT molecular complexity index is 363. The number of likely N-dealkylation sites (N-methyl/N-ethyl adjacent to an activating group) is 1. The van der Waals surface area contributed by atoms with Crippen LogP contribution in [0.2, 0.25) is 0 Å². The maximum atomic E-state index is 3.58. The van der Waals surface area contributed by atoms with Crippen LogP contribution in [0.25, 0.3) is 0 Å². The molecule has 1 saturated carbocycles. The first-order valence-electron chi connectivity index (χ1n) is 7.68. The minimum Gasteiger partial charge on any atom is -0.315 e. The summed E-state index contributed by atoms with van der Waals surface area (Å²) in [6, 6.07) is 11.4. The topological polar surface area (TPSA) is 15.3 Å². The molecule has 2 nitrogen and oxygen atoms in total. The fraction of sp³-hybridized carbons (Fsp3) is 0.647. The number of nitrogens with one attached hydrogen (secondary N) is 1. The maximum Gasteiger partial charge on any atom is 0.0469 e. The van der Waals surface area contributed by atoms with E-state index < -0.39 is 0 Å². The van der Waals surface area contributed by atoms with E-state index in [9.17, 15) is 0 Å². The summed E-state index contributed by atoms with van der Waals surface area (Å²) in [5, 5.41) is 3.58. The molecule has 2 rings (SSSR count). The zero-order valence-electron chi connectivity index (χ0n) is 12.6. The van der Waals surface area contributed by atoms with E-state index in [1.54, 1.807) is 0 Å². The molecule has 0 aliphatic heterocycles. The number of nitrogens with zero attached hydrogens (tertiary/aromatic N) is 1. The van der Waals surface area contributed by atoms with Crippen molar-refractivity contribution in [2.75, 3.05) is 26.7 Å². The Morgan fingerprint density at radius 3 is 2.58 bits per heavy atom. The Hall–Kier alpha value is -0.860. The fourth-order valence-electron chi connectivity index (χ4n) is 2.77. The van der Waals surface area contributed by atoms with E-state index in [0.29, 0.717) is 6.04 Å². The highest BCUT2D eigenvalue weighted by Gasteiger charge is 2.34. The van der Waals surface area contributed by atoms with Crippen LogP contribution in [0.3, 0.4) is 0 Å². The van der Waals surface area contributed by atoms with E-state index in [0.717, 1.165) is 24.9 Å². The molecule has 1 fully saturated rings. The second-order valence-electron chi connectivity index (χ2n) is 6.04. The van der Waals surface area contributed by atoms with Gasteiger partial charge in [-0.15, -0.1) is 0 Å². The van der Waals surface area contributed by atoms with Crippen molar-refractivity contribution in [2.45, 2.75) is 32.7 Å². The van der Waals surface area contributed by atoms with E-state index in [4.69, 9.17) is 0 Å². The molecule has 0 aromatic heterocycles.